The lowest BCUT2D eigenvalue weighted by Gasteiger charge is -2.38. The smallest absolute Gasteiger partial charge is 0.353 e. The molecule has 5 atom stereocenters. The third-order valence-electron chi connectivity index (χ3n) is 5.46. The van der Waals surface area contributed by atoms with Crippen LogP contribution in [0.5, 0.6) is 0 Å². The molecule has 2 heterocycles. The molecule has 15 heteroatoms. The van der Waals surface area contributed by atoms with Crippen LogP contribution in [0.1, 0.15) is 40.3 Å². The largest absolute Gasteiger partial charge is 0.374 e. The van der Waals surface area contributed by atoms with Crippen LogP contribution in [0, 0.1) is 11.3 Å². The quantitative estimate of drug-likeness (QED) is 0.263. The SMILES string of the molecule is COC1C(OP(OCCC#N)N(C(C)C)C(C)C)[C@@H](/C=C/P(=O)(OC)OC)O[C@H]1n1ccc(=O)[nH]c1=O. The summed E-state index contributed by atoms with van der Waals surface area (Å²) in [5.74, 6) is 1.25. The topological polar surface area (TPSA) is 154 Å². The average molecular weight is 562 g/mol. The van der Waals surface area contributed by atoms with Crippen LogP contribution in [-0.2, 0) is 32.1 Å². The summed E-state index contributed by atoms with van der Waals surface area (Å²) >= 11 is 0. The summed E-state index contributed by atoms with van der Waals surface area (Å²) in [5.41, 5.74) is -1.25. The molecule has 1 N–H and O–H groups in total. The molecule has 1 aromatic rings. The highest BCUT2D eigenvalue weighted by atomic mass is 31.2. The van der Waals surface area contributed by atoms with Crippen molar-refractivity contribution in [3.05, 3.63) is 45.0 Å². The molecule has 1 aliphatic rings. The number of nitriles is 1. The molecule has 0 saturated carbocycles. The molecule has 3 unspecified atom stereocenters. The average Bonchev–Trinajstić information content (AvgIpc) is 3.18. The highest BCUT2D eigenvalue weighted by Gasteiger charge is 2.49. The van der Waals surface area contributed by atoms with Gasteiger partial charge in [0.1, 0.15) is 18.3 Å². The Morgan fingerprint density at radius 2 is 1.86 bits per heavy atom. The van der Waals surface area contributed by atoms with Crippen molar-refractivity contribution in [2.45, 2.75) is 70.7 Å². The lowest BCUT2D eigenvalue weighted by Crippen LogP contribution is -2.41. The minimum atomic E-state index is -3.55. The first kappa shape index (κ1) is 31.5. The normalized spacial score (nSPS) is 23.4. The van der Waals surface area contributed by atoms with Crippen molar-refractivity contribution in [3.63, 3.8) is 0 Å². The van der Waals surface area contributed by atoms with E-state index in [0.717, 1.165) is 0 Å². The van der Waals surface area contributed by atoms with Crippen molar-refractivity contribution >= 4 is 16.1 Å². The molecule has 0 aromatic carbocycles. The molecule has 1 saturated heterocycles. The van der Waals surface area contributed by atoms with Crippen LogP contribution in [0.25, 0.3) is 0 Å². The first-order valence-corrected chi connectivity index (χ1v) is 14.4. The Labute approximate surface area is 217 Å². The number of aromatic amines is 1. The van der Waals surface area contributed by atoms with Gasteiger partial charge in [0.15, 0.2) is 6.23 Å². The van der Waals surface area contributed by atoms with E-state index in [9.17, 15) is 14.2 Å². The highest BCUT2D eigenvalue weighted by Crippen LogP contribution is 2.52. The second-order valence-corrected chi connectivity index (χ2v) is 12.1. The molecule has 0 radical (unpaired) electrons. The van der Waals surface area contributed by atoms with Crippen molar-refractivity contribution in [2.75, 3.05) is 27.9 Å². The summed E-state index contributed by atoms with van der Waals surface area (Å²) in [7, 11) is -1.32. The van der Waals surface area contributed by atoms with E-state index < -0.39 is 51.9 Å². The first-order valence-electron chi connectivity index (χ1n) is 11.7. The van der Waals surface area contributed by atoms with Gasteiger partial charge in [0.2, 0.25) is 0 Å². The molecule has 2 rings (SSSR count). The number of rotatable bonds is 14. The number of H-pyrrole nitrogens is 1. The second kappa shape index (κ2) is 14.4. The Kier molecular flexibility index (Phi) is 12.3. The summed E-state index contributed by atoms with van der Waals surface area (Å²) in [6.45, 7) is 8.14. The summed E-state index contributed by atoms with van der Waals surface area (Å²) in [6, 6.07) is 3.31. The zero-order valence-electron chi connectivity index (χ0n) is 22.1. The fraction of sp³-hybridized carbons (Fsp3) is 0.682. The Hall–Kier alpha value is -1.71. The molecule has 37 heavy (non-hydrogen) atoms. The van der Waals surface area contributed by atoms with E-state index in [1.165, 1.54) is 50.1 Å². The van der Waals surface area contributed by atoms with E-state index in [-0.39, 0.29) is 25.1 Å². The summed E-state index contributed by atoms with van der Waals surface area (Å²) in [6.07, 6.45) is -0.617. The zero-order chi connectivity index (χ0) is 27.8. The number of hydrogen-bond acceptors (Lipinski definition) is 11. The minimum Gasteiger partial charge on any atom is -0.374 e. The fourth-order valence-corrected chi connectivity index (χ4v) is 6.35. The van der Waals surface area contributed by atoms with Gasteiger partial charge in [-0.05, 0) is 33.8 Å². The first-order chi connectivity index (χ1) is 17.5. The maximum Gasteiger partial charge on any atom is 0.353 e. The number of methoxy groups -OCH3 is 1. The maximum atomic E-state index is 12.7. The number of ether oxygens (including phenoxy) is 2. The molecule has 1 aliphatic heterocycles. The van der Waals surface area contributed by atoms with Crippen molar-refractivity contribution in [2.24, 2.45) is 0 Å². The van der Waals surface area contributed by atoms with E-state index in [0.29, 0.717) is 0 Å². The molecule has 0 spiro atoms. The van der Waals surface area contributed by atoms with Gasteiger partial charge in [0, 0.05) is 51.5 Å². The van der Waals surface area contributed by atoms with Gasteiger partial charge in [0.25, 0.3) is 14.1 Å². The van der Waals surface area contributed by atoms with Gasteiger partial charge in [-0.25, -0.2) is 9.46 Å². The van der Waals surface area contributed by atoms with Gasteiger partial charge in [-0.15, -0.1) is 0 Å². The summed E-state index contributed by atoms with van der Waals surface area (Å²) in [5, 5.41) is 9.01. The minimum absolute atomic E-state index is 0.0327. The Bertz CT molecular complexity index is 1080. The monoisotopic (exact) mass is 562 g/mol. The summed E-state index contributed by atoms with van der Waals surface area (Å²) in [4.78, 5) is 26.4. The number of nitrogens with zero attached hydrogens (tertiary/aromatic N) is 3. The molecular weight excluding hydrogens is 526 g/mol. The van der Waals surface area contributed by atoms with E-state index in [4.69, 9.17) is 32.8 Å². The van der Waals surface area contributed by atoms with Gasteiger partial charge >= 0.3 is 13.3 Å². The van der Waals surface area contributed by atoms with E-state index in [1.54, 1.807) is 0 Å². The van der Waals surface area contributed by atoms with Crippen LogP contribution in [0.4, 0.5) is 0 Å². The highest BCUT2D eigenvalue weighted by molar-refractivity contribution is 7.57. The molecule has 0 amide bonds. The van der Waals surface area contributed by atoms with E-state index >= 15 is 0 Å². The Balaban J connectivity index is 2.54. The number of nitrogens with one attached hydrogen (secondary N) is 1. The van der Waals surface area contributed by atoms with Gasteiger partial charge in [-0.3, -0.25) is 18.9 Å². The predicted molar refractivity (Wildman–Crippen MR) is 137 cm³/mol. The van der Waals surface area contributed by atoms with Gasteiger partial charge in [0.05, 0.1) is 19.1 Å². The second-order valence-electron chi connectivity index (χ2n) is 8.57. The molecular formula is C22H36N4O9P2. The molecule has 1 fully saturated rings. The standard InChI is InChI=1S/C22H36N4O9P2/c1-15(2)26(16(3)4)36(33-13-8-11-23)35-19-17(10-14-37(29,31-6)32-7)34-21(20(19)30-5)25-12-9-18(27)24-22(25)28/h9-10,12,14-17,19-21H,8,13H2,1-7H3,(H,24,27,28)/b14-10+/t17-,19?,20?,21-,36?/m1/s1. The van der Waals surface area contributed by atoms with E-state index in [2.05, 4.69) is 11.1 Å². The lowest BCUT2D eigenvalue weighted by molar-refractivity contribution is -0.0482. The fourth-order valence-electron chi connectivity index (χ4n) is 3.83. The van der Waals surface area contributed by atoms with E-state index in [1.807, 2.05) is 32.4 Å². The van der Waals surface area contributed by atoms with Crippen molar-refractivity contribution in [3.8, 4) is 6.07 Å². The third kappa shape index (κ3) is 8.14. The molecule has 13 nitrogen and oxygen atoms in total. The van der Waals surface area contributed by atoms with Crippen molar-refractivity contribution in [1.82, 2.24) is 14.2 Å². The Morgan fingerprint density at radius 3 is 2.38 bits per heavy atom. The van der Waals surface area contributed by atoms with Gasteiger partial charge in [-0.2, -0.15) is 5.26 Å². The van der Waals surface area contributed by atoms with Crippen LogP contribution in [0.2, 0.25) is 0 Å². The summed E-state index contributed by atoms with van der Waals surface area (Å²) < 4.78 is 50.3. The van der Waals surface area contributed by atoms with Crippen LogP contribution in [0.15, 0.2) is 33.7 Å². The van der Waals surface area contributed by atoms with Crippen molar-refractivity contribution in [1.29, 1.82) is 5.26 Å². The van der Waals surface area contributed by atoms with Crippen molar-refractivity contribution < 1.29 is 32.1 Å². The third-order valence-corrected chi connectivity index (χ3v) is 9.15. The molecule has 0 aliphatic carbocycles. The zero-order valence-corrected chi connectivity index (χ0v) is 23.9. The van der Waals surface area contributed by atoms with Gasteiger partial charge < -0.3 is 27.6 Å². The molecule has 208 valence electrons. The maximum absolute atomic E-state index is 12.7. The molecule has 1 aromatic heterocycles. The molecule has 0 bridgehead atoms. The lowest BCUT2D eigenvalue weighted by atomic mass is 10.1. The van der Waals surface area contributed by atoms with Crippen LogP contribution in [-0.4, -0.2) is 72.6 Å². The van der Waals surface area contributed by atoms with Gasteiger partial charge in [-0.1, -0.05) is 0 Å². The number of aromatic nitrogens is 2. The van der Waals surface area contributed by atoms with Crippen LogP contribution >= 0.6 is 16.1 Å². The Morgan fingerprint density at radius 1 is 1.22 bits per heavy atom. The van der Waals surface area contributed by atoms with Crippen LogP contribution < -0.4 is 11.2 Å². The number of hydrogen-bond donors (Lipinski definition) is 1. The van der Waals surface area contributed by atoms with Crippen LogP contribution in [0.3, 0.4) is 0 Å². The predicted octanol–water partition coefficient (Wildman–Crippen LogP) is 3.11.